The first-order valence-corrected chi connectivity index (χ1v) is 12.9. The van der Waals surface area contributed by atoms with Gasteiger partial charge in [0.05, 0.1) is 18.1 Å². The molecule has 1 aromatic rings. The van der Waals surface area contributed by atoms with Crippen LogP contribution in [0.25, 0.3) is 10.9 Å². The van der Waals surface area contributed by atoms with Crippen LogP contribution >= 0.6 is 11.8 Å². The molecule has 3 rings (SSSR count). The first-order chi connectivity index (χ1) is 17.9. The molecule has 2 heterocycles. The summed E-state index contributed by atoms with van der Waals surface area (Å²) in [7, 11) is 6.77. The monoisotopic (exact) mass is 566 g/mol. The fourth-order valence-electron chi connectivity index (χ4n) is 3.63. The third-order valence-corrected chi connectivity index (χ3v) is 6.57. The van der Waals surface area contributed by atoms with E-state index in [1.54, 1.807) is 25.6 Å². The van der Waals surface area contributed by atoms with Gasteiger partial charge < -0.3 is 30.6 Å². The van der Waals surface area contributed by atoms with Crippen molar-refractivity contribution < 1.29 is 64.9 Å². The van der Waals surface area contributed by atoms with Crippen LogP contribution in [0.15, 0.2) is 58.7 Å². The molecule has 7 nitrogen and oxygen atoms in total. The number of aromatic nitrogens is 1. The molecular weight excluding hydrogens is 533 g/mol. The van der Waals surface area contributed by atoms with Gasteiger partial charge in [-0.25, -0.2) is 8.78 Å². The molecule has 0 radical (unpaired) electrons. The fourth-order valence-corrected chi connectivity index (χ4v) is 4.24. The summed E-state index contributed by atoms with van der Waals surface area (Å²) < 4.78 is 33.2. The Morgan fingerprint density at radius 3 is 2.79 bits per heavy atom. The number of hydrogen-bond donors (Lipinski definition) is 2. The van der Waals surface area contributed by atoms with Crippen LogP contribution in [0.2, 0.25) is 0 Å². The maximum Gasteiger partial charge on any atom is 1.00 e. The van der Waals surface area contributed by atoms with Crippen LogP contribution in [-0.2, 0) is 4.74 Å². The van der Waals surface area contributed by atoms with Crippen molar-refractivity contribution in [1.82, 2.24) is 20.5 Å². The van der Waals surface area contributed by atoms with Gasteiger partial charge in [0, 0.05) is 43.9 Å². The molecule has 198 valence electrons. The largest absolute Gasteiger partial charge is 1.00 e. The Morgan fingerprint density at radius 1 is 1.42 bits per heavy atom. The van der Waals surface area contributed by atoms with E-state index in [0.29, 0.717) is 34.5 Å². The minimum atomic E-state index is -2.57. The van der Waals surface area contributed by atoms with Crippen molar-refractivity contribution in [2.24, 2.45) is 10.9 Å². The maximum absolute atomic E-state index is 13.8. The van der Waals surface area contributed by atoms with Crippen molar-refractivity contribution in [1.29, 1.82) is 0 Å². The number of methoxy groups -OCH3 is 1. The van der Waals surface area contributed by atoms with E-state index >= 15 is 0 Å². The van der Waals surface area contributed by atoms with E-state index in [9.17, 15) is 8.78 Å². The number of ether oxygens (including phenoxy) is 1. The Balaban J connectivity index is 0.00000507. The van der Waals surface area contributed by atoms with Crippen LogP contribution in [0.4, 0.5) is 14.6 Å². The normalized spacial score (nSPS) is 18.1. The van der Waals surface area contributed by atoms with Gasteiger partial charge in [-0.15, -0.1) is 11.8 Å². The van der Waals surface area contributed by atoms with Crippen molar-refractivity contribution >= 4 is 29.9 Å². The number of halogens is 2. The predicted octanol–water partition coefficient (Wildman–Crippen LogP) is 2.18. The minimum absolute atomic E-state index is 0. The van der Waals surface area contributed by atoms with Crippen molar-refractivity contribution in [3.63, 3.8) is 0 Å². The summed E-state index contributed by atoms with van der Waals surface area (Å²) in [6.45, 7) is 3.53. The molecular formula is C27H33F2KN6OS. The standard InChI is InChI=1S/C27H33F2N6OS.K/c1-30-11-10-23(32-3)19-12-22(21-13-24(26(28)29)35(4)16-25(21)36-5)27(33-14-19)34-17-37-20(15-31-2)9-8-18-6-7-18;/h10-16,18,23-24,26,30,32H,2,6-7,17H2,1,3-5H3;/q-1;+1/b11-10-,20-15-;. The maximum atomic E-state index is 13.8. The summed E-state index contributed by atoms with van der Waals surface area (Å²) in [6, 6.07) is 0.662. The van der Waals surface area contributed by atoms with E-state index in [4.69, 9.17) is 10.1 Å². The number of nitrogens with zero attached hydrogens (tertiary/aromatic N) is 4. The smallest absolute Gasteiger partial charge is 0.495 e. The predicted molar refractivity (Wildman–Crippen MR) is 148 cm³/mol. The summed E-state index contributed by atoms with van der Waals surface area (Å²) in [4.78, 5) is 10.7. The number of thioether (sulfide) groups is 1. The van der Waals surface area contributed by atoms with Crippen molar-refractivity contribution in [3.05, 3.63) is 70.1 Å². The molecule has 0 saturated heterocycles. The van der Waals surface area contributed by atoms with Crippen LogP contribution in [0, 0.1) is 17.8 Å². The molecule has 11 heteroatoms. The van der Waals surface area contributed by atoms with Crippen LogP contribution < -0.4 is 62.0 Å². The molecule has 1 fully saturated rings. The molecule has 2 N–H and O–H groups in total. The molecule has 0 spiro atoms. The van der Waals surface area contributed by atoms with Crippen LogP contribution in [0.5, 0.6) is 0 Å². The zero-order valence-corrected chi connectivity index (χ0v) is 26.5. The average Bonchev–Trinajstić information content (AvgIpc) is 3.72. The van der Waals surface area contributed by atoms with Gasteiger partial charge in [-0.3, -0.25) is 4.99 Å². The van der Waals surface area contributed by atoms with Gasteiger partial charge in [0.15, 0.2) is 0 Å². The quantitative estimate of drug-likeness (QED) is 0.230. The minimum Gasteiger partial charge on any atom is -0.495 e. The molecule has 1 saturated carbocycles. The second kappa shape index (κ2) is 16.5. The summed E-state index contributed by atoms with van der Waals surface area (Å²) in [6.07, 6.45) is 9.91. The number of alkyl halides is 2. The van der Waals surface area contributed by atoms with Gasteiger partial charge in [-0.2, -0.15) is 0 Å². The molecule has 1 aromatic heterocycles. The molecule has 2 unspecified atom stereocenters. The molecule has 2 aliphatic rings. The van der Waals surface area contributed by atoms with E-state index in [0.717, 1.165) is 23.3 Å². The van der Waals surface area contributed by atoms with E-state index in [1.165, 1.54) is 29.8 Å². The van der Waals surface area contributed by atoms with E-state index in [2.05, 4.69) is 39.2 Å². The second-order valence-corrected chi connectivity index (χ2v) is 9.46. The van der Waals surface area contributed by atoms with Crippen molar-refractivity contribution in [3.8, 4) is 11.8 Å². The SMILES string of the molecule is C=N/C=C(/C#CC1CC1)SC[N-]c1ncc(C(/C=C\NC)NC)cc1C1=CC(C(F)F)N(C)C=C1OC.[K+]. The first kappa shape index (κ1) is 32.6. The molecule has 0 bridgehead atoms. The van der Waals surface area contributed by atoms with Crippen LogP contribution in [0.3, 0.4) is 0 Å². The van der Waals surface area contributed by atoms with Gasteiger partial charge in [-0.1, -0.05) is 23.9 Å². The number of nitrogens with one attached hydrogen (secondary N) is 2. The van der Waals surface area contributed by atoms with E-state index < -0.39 is 12.5 Å². The van der Waals surface area contributed by atoms with Gasteiger partial charge in [-0.05, 0) is 62.2 Å². The molecule has 1 aliphatic heterocycles. The number of pyridine rings is 1. The Hall–Kier alpha value is -1.65. The van der Waals surface area contributed by atoms with E-state index in [1.807, 2.05) is 32.4 Å². The van der Waals surface area contributed by atoms with Gasteiger partial charge >= 0.3 is 51.4 Å². The summed E-state index contributed by atoms with van der Waals surface area (Å²) in [5.74, 6) is 8.04. The summed E-state index contributed by atoms with van der Waals surface area (Å²) >= 11 is 1.43. The number of rotatable bonds is 12. The van der Waals surface area contributed by atoms with Crippen molar-refractivity contribution in [2.45, 2.75) is 31.4 Å². The fraction of sp³-hybridized carbons (Fsp3) is 0.407. The number of aliphatic imine (C=N–C) groups is 1. The van der Waals surface area contributed by atoms with E-state index in [-0.39, 0.29) is 57.4 Å². The zero-order chi connectivity index (χ0) is 26.8. The number of hydrogen-bond acceptors (Lipinski definition) is 7. The molecule has 0 aromatic carbocycles. The molecule has 0 amide bonds. The zero-order valence-electron chi connectivity index (χ0n) is 22.5. The van der Waals surface area contributed by atoms with Gasteiger partial charge in [0.25, 0.3) is 6.43 Å². The van der Waals surface area contributed by atoms with Gasteiger partial charge in [0.1, 0.15) is 11.8 Å². The third-order valence-electron chi connectivity index (χ3n) is 5.80. The topological polar surface area (TPSA) is 75.9 Å². The molecule has 2 atom stereocenters. The first-order valence-electron chi connectivity index (χ1n) is 11.9. The molecule has 1 aliphatic carbocycles. The summed E-state index contributed by atoms with van der Waals surface area (Å²) in [5.41, 5.74) is 1.99. The van der Waals surface area contributed by atoms with Crippen molar-refractivity contribution in [2.75, 3.05) is 34.1 Å². The Morgan fingerprint density at radius 2 is 2.18 bits per heavy atom. The third kappa shape index (κ3) is 9.22. The average molecular weight is 567 g/mol. The Labute approximate surface area is 271 Å². The van der Waals surface area contributed by atoms with Gasteiger partial charge in [0.2, 0.25) is 0 Å². The Kier molecular flexibility index (Phi) is 14.1. The van der Waals surface area contributed by atoms with Crippen LogP contribution in [-0.4, -0.2) is 63.2 Å². The second-order valence-electron chi connectivity index (χ2n) is 8.47. The molecule has 38 heavy (non-hydrogen) atoms. The Bertz CT molecular complexity index is 1140. The number of likely N-dealkylation sites (N-methyl/N-ethyl adjacent to an activating group) is 2. The number of allylic oxidation sites excluding steroid dienone is 2. The summed E-state index contributed by atoms with van der Waals surface area (Å²) in [5, 5.41) is 10.9. The van der Waals surface area contributed by atoms with Crippen LogP contribution in [0.1, 0.15) is 30.0 Å².